The molecule has 0 radical (unpaired) electrons. The molecule has 0 N–H and O–H groups in total. The van der Waals surface area contributed by atoms with E-state index in [4.69, 9.17) is 0 Å². The molecule has 82 valence electrons. The zero-order valence-corrected chi connectivity index (χ0v) is 10.2. The number of halogens is 1. The molecule has 0 aliphatic carbocycles. The van der Waals surface area contributed by atoms with Crippen LogP contribution in [0, 0.1) is 5.41 Å². The van der Waals surface area contributed by atoms with Crippen molar-refractivity contribution < 1.29 is 19.1 Å². The molecule has 0 aliphatic heterocycles. The molecule has 0 bridgehead atoms. The summed E-state index contributed by atoms with van der Waals surface area (Å²) in [5.74, 6) is -1.10. The number of hydrogen-bond acceptors (Lipinski definition) is 4. The summed E-state index contributed by atoms with van der Waals surface area (Å²) in [6.07, 6.45) is 1.12. The van der Waals surface area contributed by atoms with E-state index >= 15 is 0 Å². The summed E-state index contributed by atoms with van der Waals surface area (Å²) in [5.41, 5.74) is -1.18. The van der Waals surface area contributed by atoms with Crippen molar-refractivity contribution in [2.24, 2.45) is 5.41 Å². The quantitative estimate of drug-likeness (QED) is 0.430. The number of ether oxygens (including phenoxy) is 2. The summed E-state index contributed by atoms with van der Waals surface area (Å²) in [6.45, 7) is 1.54. The van der Waals surface area contributed by atoms with Gasteiger partial charge in [0.1, 0.15) is 0 Å². The van der Waals surface area contributed by atoms with Crippen LogP contribution in [0.5, 0.6) is 0 Å². The molecule has 0 aromatic heterocycles. The van der Waals surface area contributed by atoms with E-state index in [1.165, 1.54) is 21.1 Å². The molecule has 0 atom stereocenters. The topological polar surface area (TPSA) is 52.6 Å². The molecule has 0 aromatic carbocycles. The van der Waals surface area contributed by atoms with E-state index < -0.39 is 17.4 Å². The monoisotopic (exact) mass is 266 g/mol. The van der Waals surface area contributed by atoms with E-state index in [1.54, 1.807) is 0 Å². The van der Waals surface area contributed by atoms with Gasteiger partial charge in [-0.25, -0.2) is 0 Å². The first-order valence-electron chi connectivity index (χ1n) is 4.25. The summed E-state index contributed by atoms with van der Waals surface area (Å²) in [5, 5.41) is 0.733. The summed E-state index contributed by atoms with van der Waals surface area (Å²) in [7, 11) is 2.52. The number of hydrogen-bond donors (Lipinski definition) is 0. The average Bonchev–Trinajstić information content (AvgIpc) is 2.23. The predicted octanol–water partition coefficient (Wildman–Crippen LogP) is 1.51. The fourth-order valence-electron chi connectivity index (χ4n) is 1.16. The minimum atomic E-state index is -1.18. The zero-order chi connectivity index (χ0) is 11.2. The Balaban J connectivity index is 4.65. The molecule has 0 amide bonds. The highest BCUT2D eigenvalue weighted by Crippen LogP contribution is 2.27. The van der Waals surface area contributed by atoms with Crippen LogP contribution in [0.15, 0.2) is 0 Å². The Bertz CT molecular complexity index is 199. The van der Waals surface area contributed by atoms with Crippen LogP contribution in [0.3, 0.4) is 0 Å². The average molecular weight is 267 g/mol. The van der Waals surface area contributed by atoms with E-state index in [0.717, 1.165) is 5.33 Å². The largest absolute Gasteiger partial charge is 0.468 e. The van der Waals surface area contributed by atoms with E-state index in [0.29, 0.717) is 12.8 Å². The van der Waals surface area contributed by atoms with Gasteiger partial charge in [0, 0.05) is 5.33 Å². The summed E-state index contributed by atoms with van der Waals surface area (Å²) < 4.78 is 9.16. The van der Waals surface area contributed by atoms with Gasteiger partial charge in [0.2, 0.25) is 0 Å². The highest BCUT2D eigenvalue weighted by atomic mass is 79.9. The molecule has 4 nitrogen and oxygen atoms in total. The normalized spacial score (nSPS) is 10.9. The van der Waals surface area contributed by atoms with Crippen molar-refractivity contribution in [2.45, 2.75) is 19.8 Å². The third-order valence-corrected chi connectivity index (χ3v) is 2.64. The highest BCUT2D eigenvalue weighted by Gasteiger charge is 2.42. The molecule has 0 saturated heterocycles. The maximum atomic E-state index is 11.4. The first-order chi connectivity index (χ1) is 6.52. The van der Waals surface area contributed by atoms with Crippen LogP contribution in [0.2, 0.25) is 0 Å². The molecule has 0 unspecified atom stereocenters. The fourth-order valence-corrected chi connectivity index (χ4v) is 1.44. The number of carbonyl (C=O) groups is 2. The van der Waals surface area contributed by atoms with Gasteiger partial charge < -0.3 is 9.47 Å². The van der Waals surface area contributed by atoms with Gasteiger partial charge in [-0.1, -0.05) is 15.9 Å². The third kappa shape index (κ3) is 2.97. The molecule has 0 rings (SSSR count). The lowest BCUT2D eigenvalue weighted by Gasteiger charge is -2.22. The standard InChI is InChI=1S/C9H15BrO4/c1-9(5-4-6-10,7(11)13-2)8(12)14-3/h4-6H2,1-3H3. The molecule has 0 fully saturated rings. The SMILES string of the molecule is COC(=O)C(C)(CCCBr)C(=O)OC. The van der Waals surface area contributed by atoms with Crippen LogP contribution in [0.4, 0.5) is 0 Å². The van der Waals surface area contributed by atoms with Crippen LogP contribution in [-0.4, -0.2) is 31.5 Å². The molecule has 5 heteroatoms. The van der Waals surface area contributed by atoms with Gasteiger partial charge in [0.25, 0.3) is 0 Å². The van der Waals surface area contributed by atoms with E-state index in [2.05, 4.69) is 25.4 Å². The molecule has 14 heavy (non-hydrogen) atoms. The minimum Gasteiger partial charge on any atom is -0.468 e. The second kappa shape index (κ2) is 6.01. The summed E-state index contributed by atoms with van der Waals surface area (Å²) >= 11 is 3.24. The summed E-state index contributed by atoms with van der Waals surface area (Å²) in [6, 6.07) is 0. The number of alkyl halides is 1. The molecule has 0 spiro atoms. The Morgan fingerprint density at radius 3 is 1.93 bits per heavy atom. The Kier molecular flexibility index (Phi) is 5.76. The Labute approximate surface area is 92.1 Å². The molecule has 0 aliphatic rings. The molecule has 0 saturated carbocycles. The van der Waals surface area contributed by atoms with Gasteiger partial charge in [-0.2, -0.15) is 0 Å². The van der Waals surface area contributed by atoms with Gasteiger partial charge in [-0.05, 0) is 19.8 Å². The highest BCUT2D eigenvalue weighted by molar-refractivity contribution is 9.09. The van der Waals surface area contributed by atoms with Gasteiger partial charge >= 0.3 is 11.9 Å². The lowest BCUT2D eigenvalue weighted by molar-refractivity contribution is -0.168. The molecule has 0 aromatic rings. The second-order valence-electron chi connectivity index (χ2n) is 3.11. The number of methoxy groups -OCH3 is 2. The summed E-state index contributed by atoms with van der Waals surface area (Å²) in [4.78, 5) is 22.8. The van der Waals surface area contributed by atoms with Crippen LogP contribution in [0.1, 0.15) is 19.8 Å². The third-order valence-electron chi connectivity index (χ3n) is 2.08. The van der Waals surface area contributed by atoms with Gasteiger partial charge in [0.05, 0.1) is 14.2 Å². The van der Waals surface area contributed by atoms with Gasteiger partial charge in [-0.3, -0.25) is 9.59 Å². The Morgan fingerprint density at radius 2 is 1.64 bits per heavy atom. The Morgan fingerprint density at radius 1 is 1.21 bits per heavy atom. The van der Waals surface area contributed by atoms with Crippen molar-refractivity contribution in [1.82, 2.24) is 0 Å². The van der Waals surface area contributed by atoms with Crippen molar-refractivity contribution in [1.29, 1.82) is 0 Å². The number of esters is 2. The maximum Gasteiger partial charge on any atom is 0.322 e. The fraction of sp³-hybridized carbons (Fsp3) is 0.778. The van der Waals surface area contributed by atoms with Gasteiger partial charge in [0.15, 0.2) is 5.41 Å². The van der Waals surface area contributed by atoms with Crippen molar-refractivity contribution in [2.75, 3.05) is 19.5 Å². The van der Waals surface area contributed by atoms with E-state index in [-0.39, 0.29) is 0 Å². The number of carbonyl (C=O) groups excluding carboxylic acids is 2. The molecular weight excluding hydrogens is 252 g/mol. The van der Waals surface area contributed by atoms with Crippen molar-refractivity contribution in [3.63, 3.8) is 0 Å². The van der Waals surface area contributed by atoms with E-state index in [9.17, 15) is 9.59 Å². The smallest absolute Gasteiger partial charge is 0.322 e. The first kappa shape index (κ1) is 13.4. The van der Waals surface area contributed by atoms with Crippen LogP contribution >= 0.6 is 15.9 Å². The maximum absolute atomic E-state index is 11.4. The predicted molar refractivity (Wildman–Crippen MR) is 55.2 cm³/mol. The van der Waals surface area contributed by atoms with Crippen molar-refractivity contribution in [3.05, 3.63) is 0 Å². The second-order valence-corrected chi connectivity index (χ2v) is 3.90. The van der Waals surface area contributed by atoms with Crippen LogP contribution < -0.4 is 0 Å². The lowest BCUT2D eigenvalue weighted by Crippen LogP contribution is -2.38. The number of rotatable bonds is 5. The minimum absolute atomic E-state index is 0.414. The molecular formula is C9H15BrO4. The van der Waals surface area contributed by atoms with Gasteiger partial charge in [-0.15, -0.1) is 0 Å². The van der Waals surface area contributed by atoms with Crippen molar-refractivity contribution >= 4 is 27.9 Å². The first-order valence-corrected chi connectivity index (χ1v) is 5.38. The zero-order valence-electron chi connectivity index (χ0n) is 8.63. The Hall–Kier alpha value is -0.580. The van der Waals surface area contributed by atoms with E-state index in [1.807, 2.05) is 0 Å². The molecule has 0 heterocycles. The lowest BCUT2D eigenvalue weighted by atomic mass is 9.86. The van der Waals surface area contributed by atoms with Crippen LogP contribution in [0.25, 0.3) is 0 Å². The van der Waals surface area contributed by atoms with Crippen LogP contribution in [-0.2, 0) is 19.1 Å². The van der Waals surface area contributed by atoms with Crippen molar-refractivity contribution in [3.8, 4) is 0 Å².